The molecular formula is C15H17NO4. The van der Waals surface area contributed by atoms with Crippen molar-refractivity contribution in [1.29, 1.82) is 0 Å². The molecule has 1 N–H and O–H groups in total. The number of carbonyl (C=O) groups excluding carboxylic acids is 1. The largest absolute Gasteiger partial charge is 0.468 e. The highest BCUT2D eigenvalue weighted by Gasteiger charge is 2.36. The average molecular weight is 275 g/mol. The van der Waals surface area contributed by atoms with Gasteiger partial charge in [-0.25, -0.2) is 0 Å². The molecule has 106 valence electrons. The summed E-state index contributed by atoms with van der Waals surface area (Å²) in [5, 5.41) is 10.8. The van der Waals surface area contributed by atoms with Gasteiger partial charge in [-0.05, 0) is 6.07 Å². The summed E-state index contributed by atoms with van der Waals surface area (Å²) in [5.41, 5.74) is 1.85. The molecule has 0 bridgehead atoms. The maximum atomic E-state index is 11.8. The number of carbonyl (C=O) groups is 1. The number of methoxy groups -OCH3 is 1. The van der Waals surface area contributed by atoms with Crippen molar-refractivity contribution in [2.24, 2.45) is 0 Å². The molecule has 0 spiro atoms. The Morgan fingerprint density at radius 3 is 3.10 bits per heavy atom. The number of esters is 1. The number of hydrogen-bond acceptors (Lipinski definition) is 5. The molecule has 1 aromatic carbocycles. The second kappa shape index (κ2) is 5.26. The molecule has 0 radical (unpaired) electrons. The predicted molar refractivity (Wildman–Crippen MR) is 73.1 cm³/mol. The first-order chi connectivity index (χ1) is 9.69. The number of furan rings is 1. The quantitative estimate of drug-likeness (QED) is 0.861. The van der Waals surface area contributed by atoms with Gasteiger partial charge >= 0.3 is 5.97 Å². The summed E-state index contributed by atoms with van der Waals surface area (Å²) in [5.74, 6) is -0.297. The topological polar surface area (TPSA) is 62.9 Å². The lowest BCUT2D eigenvalue weighted by Crippen LogP contribution is -2.36. The fourth-order valence-corrected chi connectivity index (χ4v) is 2.81. The average Bonchev–Trinajstić information content (AvgIpc) is 3.03. The molecule has 2 heterocycles. The van der Waals surface area contributed by atoms with E-state index in [1.807, 2.05) is 29.2 Å². The number of benzene rings is 1. The van der Waals surface area contributed by atoms with Gasteiger partial charge in [0.05, 0.1) is 19.5 Å². The number of para-hydroxylation sites is 1. The van der Waals surface area contributed by atoms with Crippen molar-refractivity contribution in [3.05, 3.63) is 36.1 Å². The van der Waals surface area contributed by atoms with Crippen LogP contribution in [0.5, 0.6) is 0 Å². The van der Waals surface area contributed by atoms with E-state index in [4.69, 9.17) is 9.15 Å². The maximum Gasteiger partial charge on any atom is 0.323 e. The molecule has 1 saturated heterocycles. The van der Waals surface area contributed by atoms with Gasteiger partial charge in [0.15, 0.2) is 0 Å². The first kappa shape index (κ1) is 13.1. The number of β-amino-alcohol motifs (C(OH)–C–C–N with tert-alkyl or cyclic N) is 1. The van der Waals surface area contributed by atoms with Gasteiger partial charge in [0.2, 0.25) is 0 Å². The van der Waals surface area contributed by atoms with Crippen LogP contribution in [-0.4, -0.2) is 41.8 Å². The number of ether oxygens (including phenoxy) is 1. The minimum absolute atomic E-state index is 0.297. The Hall–Kier alpha value is -1.85. The molecule has 1 fully saturated rings. The molecule has 2 atom stereocenters. The zero-order chi connectivity index (χ0) is 14.1. The van der Waals surface area contributed by atoms with E-state index in [9.17, 15) is 9.90 Å². The minimum Gasteiger partial charge on any atom is -0.468 e. The highest BCUT2D eigenvalue weighted by Crippen LogP contribution is 2.26. The van der Waals surface area contributed by atoms with E-state index in [0.29, 0.717) is 19.5 Å². The Labute approximate surface area is 116 Å². The van der Waals surface area contributed by atoms with Gasteiger partial charge in [0.1, 0.15) is 11.6 Å². The zero-order valence-corrected chi connectivity index (χ0v) is 11.3. The SMILES string of the molecule is COC(=O)[C@@H]1C[C@H](O)CN1Cc1coc2ccccc12. The standard InChI is InChI=1S/C15H17NO4/c1-19-15(18)13-6-11(17)8-16(13)7-10-9-20-14-5-3-2-4-12(10)14/h2-5,9,11,13,17H,6-8H2,1H3/t11-,13-/m0/s1. The van der Waals surface area contributed by atoms with E-state index in [1.165, 1.54) is 7.11 Å². The predicted octanol–water partition coefficient (Wildman–Crippen LogP) is 1.54. The fraction of sp³-hybridized carbons (Fsp3) is 0.400. The smallest absolute Gasteiger partial charge is 0.323 e. The Bertz CT molecular complexity index is 621. The summed E-state index contributed by atoms with van der Waals surface area (Å²) >= 11 is 0. The lowest BCUT2D eigenvalue weighted by atomic mass is 10.1. The molecule has 2 aromatic rings. The van der Waals surface area contributed by atoms with E-state index >= 15 is 0 Å². The van der Waals surface area contributed by atoms with Crippen LogP contribution in [0.15, 0.2) is 34.9 Å². The van der Waals surface area contributed by atoms with E-state index < -0.39 is 6.10 Å². The number of aliphatic hydroxyl groups excluding tert-OH is 1. The summed E-state index contributed by atoms with van der Waals surface area (Å²) in [6, 6.07) is 7.40. The molecule has 20 heavy (non-hydrogen) atoms. The van der Waals surface area contributed by atoms with Crippen molar-refractivity contribution in [2.75, 3.05) is 13.7 Å². The molecular weight excluding hydrogens is 258 g/mol. The molecule has 1 aliphatic rings. The highest BCUT2D eigenvalue weighted by atomic mass is 16.5. The van der Waals surface area contributed by atoms with Crippen LogP contribution >= 0.6 is 0 Å². The van der Waals surface area contributed by atoms with E-state index in [1.54, 1.807) is 6.26 Å². The third-order valence-electron chi connectivity index (χ3n) is 3.79. The number of hydrogen-bond donors (Lipinski definition) is 1. The van der Waals surface area contributed by atoms with Crippen molar-refractivity contribution in [2.45, 2.75) is 25.1 Å². The number of fused-ring (bicyclic) bond motifs is 1. The van der Waals surface area contributed by atoms with E-state index in [2.05, 4.69) is 0 Å². The molecule has 0 aliphatic carbocycles. The third-order valence-corrected chi connectivity index (χ3v) is 3.79. The lowest BCUT2D eigenvalue weighted by Gasteiger charge is -2.21. The first-order valence-corrected chi connectivity index (χ1v) is 6.64. The molecule has 3 rings (SSSR count). The Morgan fingerprint density at radius 1 is 1.50 bits per heavy atom. The van der Waals surface area contributed by atoms with Gasteiger partial charge in [0, 0.05) is 30.5 Å². The van der Waals surface area contributed by atoms with Gasteiger partial charge in [-0.2, -0.15) is 0 Å². The van der Waals surface area contributed by atoms with Crippen molar-refractivity contribution in [3.8, 4) is 0 Å². The number of nitrogens with zero attached hydrogens (tertiary/aromatic N) is 1. The van der Waals surface area contributed by atoms with Crippen molar-refractivity contribution >= 4 is 16.9 Å². The zero-order valence-electron chi connectivity index (χ0n) is 11.3. The fourth-order valence-electron chi connectivity index (χ4n) is 2.81. The van der Waals surface area contributed by atoms with E-state index in [-0.39, 0.29) is 12.0 Å². The van der Waals surface area contributed by atoms with Crippen molar-refractivity contribution < 1.29 is 19.1 Å². The van der Waals surface area contributed by atoms with Crippen LogP contribution in [0.2, 0.25) is 0 Å². The van der Waals surface area contributed by atoms with E-state index in [0.717, 1.165) is 16.5 Å². The number of aliphatic hydroxyl groups is 1. The summed E-state index contributed by atoms with van der Waals surface area (Å²) in [6.07, 6.45) is 1.64. The molecule has 1 aliphatic heterocycles. The Balaban J connectivity index is 1.84. The summed E-state index contributed by atoms with van der Waals surface area (Å²) in [4.78, 5) is 13.7. The van der Waals surface area contributed by atoms with Gasteiger partial charge in [-0.15, -0.1) is 0 Å². The first-order valence-electron chi connectivity index (χ1n) is 6.64. The van der Waals surface area contributed by atoms with Gasteiger partial charge in [-0.1, -0.05) is 18.2 Å². The van der Waals surface area contributed by atoms with Crippen molar-refractivity contribution in [3.63, 3.8) is 0 Å². The Morgan fingerprint density at radius 2 is 2.30 bits per heavy atom. The van der Waals surface area contributed by atoms with Crippen LogP contribution in [0.1, 0.15) is 12.0 Å². The second-order valence-electron chi connectivity index (χ2n) is 5.12. The van der Waals surface area contributed by atoms with Gasteiger partial charge in [0.25, 0.3) is 0 Å². The van der Waals surface area contributed by atoms with Crippen LogP contribution in [0.25, 0.3) is 11.0 Å². The minimum atomic E-state index is -0.489. The van der Waals surface area contributed by atoms with Gasteiger partial charge in [-0.3, -0.25) is 9.69 Å². The Kier molecular flexibility index (Phi) is 3.46. The van der Waals surface area contributed by atoms with Crippen molar-refractivity contribution in [1.82, 2.24) is 4.90 Å². The number of rotatable bonds is 3. The second-order valence-corrected chi connectivity index (χ2v) is 5.12. The maximum absolute atomic E-state index is 11.8. The third kappa shape index (κ3) is 2.30. The molecule has 5 heteroatoms. The summed E-state index contributed by atoms with van der Waals surface area (Å²) in [7, 11) is 1.37. The monoisotopic (exact) mass is 275 g/mol. The molecule has 0 unspecified atom stereocenters. The summed E-state index contributed by atoms with van der Waals surface area (Å²) in [6.45, 7) is 1.03. The molecule has 5 nitrogen and oxygen atoms in total. The molecule has 0 saturated carbocycles. The van der Waals surface area contributed by atoms with Crippen LogP contribution < -0.4 is 0 Å². The van der Waals surface area contributed by atoms with Crippen LogP contribution in [0.4, 0.5) is 0 Å². The summed E-state index contributed by atoms with van der Waals surface area (Å²) < 4.78 is 10.3. The molecule has 0 amide bonds. The van der Waals surface area contributed by atoms with Crippen LogP contribution in [0, 0.1) is 0 Å². The number of likely N-dealkylation sites (tertiary alicyclic amines) is 1. The van der Waals surface area contributed by atoms with Crippen LogP contribution in [0.3, 0.4) is 0 Å². The lowest BCUT2D eigenvalue weighted by molar-refractivity contribution is -0.146. The van der Waals surface area contributed by atoms with Crippen LogP contribution in [-0.2, 0) is 16.1 Å². The normalized spacial score (nSPS) is 23.3. The highest BCUT2D eigenvalue weighted by molar-refractivity contribution is 5.81. The molecule has 1 aromatic heterocycles. The van der Waals surface area contributed by atoms with Gasteiger partial charge < -0.3 is 14.3 Å².